The molecule has 1 aliphatic rings. The van der Waals surface area contributed by atoms with Crippen molar-refractivity contribution < 1.29 is 12.8 Å². The van der Waals surface area contributed by atoms with Crippen LogP contribution in [0.2, 0.25) is 0 Å². The number of pyridine rings is 1. The van der Waals surface area contributed by atoms with Gasteiger partial charge in [0.25, 0.3) is 0 Å². The van der Waals surface area contributed by atoms with Crippen LogP contribution >= 0.6 is 0 Å². The Morgan fingerprint density at radius 3 is 2.84 bits per heavy atom. The van der Waals surface area contributed by atoms with Crippen LogP contribution in [0.25, 0.3) is 50.2 Å². The number of rotatable bonds is 6. The second-order valence-electron chi connectivity index (χ2n) is 9.10. The third-order valence-electron chi connectivity index (χ3n) is 6.38. The van der Waals surface area contributed by atoms with Crippen molar-refractivity contribution in [2.45, 2.75) is 13.0 Å². The molecule has 0 aliphatic carbocycles. The highest BCUT2D eigenvalue weighted by atomic mass is 32.2. The lowest BCUT2D eigenvalue weighted by molar-refractivity contribution is 0.586. The first-order chi connectivity index (χ1) is 17.8. The van der Waals surface area contributed by atoms with Gasteiger partial charge in [0, 0.05) is 24.0 Å². The van der Waals surface area contributed by atoms with E-state index in [1.165, 1.54) is 17.7 Å². The molecular weight excluding hydrogens is 493 g/mol. The molecule has 37 heavy (non-hydrogen) atoms. The van der Waals surface area contributed by atoms with Crippen molar-refractivity contribution in [3.05, 3.63) is 71.8 Å². The van der Waals surface area contributed by atoms with E-state index >= 15 is 0 Å². The van der Waals surface area contributed by atoms with Crippen molar-refractivity contribution in [3.8, 4) is 22.6 Å². The Morgan fingerprint density at radius 1 is 1.14 bits per heavy atom. The molecule has 4 N–H and O–H groups in total. The van der Waals surface area contributed by atoms with Crippen molar-refractivity contribution in [1.29, 1.82) is 0 Å². The van der Waals surface area contributed by atoms with Crippen molar-refractivity contribution >= 4 is 37.5 Å². The van der Waals surface area contributed by atoms with Gasteiger partial charge in [-0.15, -0.1) is 0 Å². The number of fused-ring (bicyclic) bond motifs is 2. The summed E-state index contributed by atoms with van der Waals surface area (Å²) >= 11 is 0. The number of hydrogen-bond donors (Lipinski definition) is 4. The molecule has 0 saturated heterocycles. The molecule has 3 aromatic heterocycles. The lowest BCUT2D eigenvalue weighted by Crippen LogP contribution is -2.21. The van der Waals surface area contributed by atoms with Gasteiger partial charge in [-0.25, -0.2) is 22.5 Å². The predicted octanol–water partition coefficient (Wildman–Crippen LogP) is 3.73. The summed E-state index contributed by atoms with van der Waals surface area (Å²) < 4.78 is 39.9. The van der Waals surface area contributed by atoms with E-state index in [1.807, 2.05) is 24.3 Å². The largest absolute Gasteiger partial charge is 0.337 e. The van der Waals surface area contributed by atoms with Crippen LogP contribution in [0.1, 0.15) is 17.7 Å². The first kappa shape index (κ1) is 23.5. The molecule has 1 aliphatic heterocycles. The highest BCUT2D eigenvalue weighted by molar-refractivity contribution is 7.88. The fourth-order valence-electron chi connectivity index (χ4n) is 4.63. The summed E-state index contributed by atoms with van der Waals surface area (Å²) in [6.07, 6.45) is 5.93. The Bertz CT molecular complexity index is 1790. The SMILES string of the molecule is CS(=O)(=O)NCc1cc(F)cc(-c2cccc3[nH]c(-c4n[nH]c5cnc(C6=CCNCC6)cc45)nc23)c1. The Hall–Kier alpha value is -3.93. The standard InChI is InChI=1S/C26H24FN7O2S/c1-37(35,36)30-13-15-9-17(11-18(27)10-15)19-3-2-4-21-24(19)32-26(31-21)25-20-12-22(16-5-7-28-8-6-16)29-14-23(20)33-34-25/h2-5,9-12,14,28,30H,6-8,13H2,1H3,(H,31,32)(H,33,34). The number of halogens is 1. The summed E-state index contributed by atoms with van der Waals surface area (Å²) in [5.41, 5.74) is 6.88. The predicted molar refractivity (Wildman–Crippen MR) is 142 cm³/mol. The van der Waals surface area contributed by atoms with Gasteiger partial charge < -0.3 is 10.3 Å². The number of H-pyrrole nitrogens is 2. The van der Waals surface area contributed by atoms with Gasteiger partial charge in [0.2, 0.25) is 10.0 Å². The smallest absolute Gasteiger partial charge is 0.209 e. The van der Waals surface area contributed by atoms with Gasteiger partial charge in [0.05, 0.1) is 34.7 Å². The zero-order valence-electron chi connectivity index (χ0n) is 20.0. The Morgan fingerprint density at radius 2 is 2.03 bits per heavy atom. The van der Waals surface area contributed by atoms with Crippen molar-refractivity contribution in [2.24, 2.45) is 0 Å². The summed E-state index contributed by atoms with van der Waals surface area (Å²) in [7, 11) is -3.41. The minimum absolute atomic E-state index is 0.00644. The minimum atomic E-state index is -3.41. The van der Waals surface area contributed by atoms with Crippen LogP contribution in [0.4, 0.5) is 4.39 Å². The third-order valence-corrected chi connectivity index (χ3v) is 7.05. The van der Waals surface area contributed by atoms with Gasteiger partial charge >= 0.3 is 0 Å². The van der Waals surface area contributed by atoms with E-state index < -0.39 is 15.8 Å². The van der Waals surface area contributed by atoms with E-state index in [9.17, 15) is 12.8 Å². The average Bonchev–Trinajstić information content (AvgIpc) is 3.51. The van der Waals surface area contributed by atoms with Gasteiger partial charge in [-0.2, -0.15) is 5.10 Å². The molecule has 188 valence electrons. The number of hydrogen-bond acceptors (Lipinski definition) is 6. The number of nitrogens with zero attached hydrogens (tertiary/aromatic N) is 3. The molecule has 0 spiro atoms. The average molecular weight is 518 g/mol. The number of imidazole rings is 1. The molecule has 0 amide bonds. The van der Waals surface area contributed by atoms with Gasteiger partial charge in [-0.3, -0.25) is 10.1 Å². The maximum atomic E-state index is 14.5. The Labute approximate surface area is 212 Å². The number of aromatic nitrogens is 5. The molecule has 11 heteroatoms. The van der Waals surface area contributed by atoms with E-state index in [-0.39, 0.29) is 6.54 Å². The molecule has 2 aromatic carbocycles. The molecule has 6 rings (SSSR count). The molecule has 0 bridgehead atoms. The summed E-state index contributed by atoms with van der Waals surface area (Å²) in [5, 5.41) is 11.8. The number of aromatic amines is 2. The van der Waals surface area contributed by atoms with Crippen LogP contribution in [0.3, 0.4) is 0 Å². The van der Waals surface area contributed by atoms with Crippen LogP contribution in [0.15, 0.2) is 54.7 Å². The summed E-state index contributed by atoms with van der Waals surface area (Å²) in [5.74, 6) is 0.126. The van der Waals surface area contributed by atoms with Crippen LogP contribution in [0, 0.1) is 5.82 Å². The maximum Gasteiger partial charge on any atom is 0.209 e. The van der Waals surface area contributed by atoms with E-state index in [0.717, 1.165) is 53.4 Å². The summed E-state index contributed by atoms with van der Waals surface area (Å²) in [4.78, 5) is 12.8. The van der Waals surface area contributed by atoms with E-state index in [0.29, 0.717) is 28.2 Å². The van der Waals surface area contributed by atoms with E-state index in [1.54, 1.807) is 12.3 Å². The first-order valence-corrected chi connectivity index (χ1v) is 13.7. The fraction of sp³-hybridized carbons (Fsp3) is 0.192. The lowest BCUT2D eigenvalue weighted by Gasteiger charge is -2.13. The van der Waals surface area contributed by atoms with Gasteiger partial charge in [0.15, 0.2) is 5.82 Å². The minimum Gasteiger partial charge on any atom is -0.337 e. The highest BCUT2D eigenvalue weighted by Gasteiger charge is 2.17. The number of benzene rings is 2. The quantitative estimate of drug-likeness (QED) is 0.272. The number of sulfonamides is 1. The highest BCUT2D eigenvalue weighted by Crippen LogP contribution is 2.33. The summed E-state index contributed by atoms with van der Waals surface area (Å²) in [6, 6.07) is 12.2. The molecule has 5 aromatic rings. The molecule has 0 unspecified atom stereocenters. The van der Waals surface area contributed by atoms with Gasteiger partial charge in [-0.05, 0) is 60.0 Å². The Kier molecular flexibility index (Phi) is 5.82. The second-order valence-corrected chi connectivity index (χ2v) is 10.9. The lowest BCUT2D eigenvalue weighted by atomic mass is 10.0. The first-order valence-electron chi connectivity index (χ1n) is 11.8. The maximum absolute atomic E-state index is 14.5. The van der Waals surface area contributed by atoms with Crippen LogP contribution in [-0.4, -0.2) is 52.9 Å². The zero-order valence-corrected chi connectivity index (χ0v) is 20.8. The van der Waals surface area contributed by atoms with Crippen LogP contribution in [-0.2, 0) is 16.6 Å². The van der Waals surface area contributed by atoms with Crippen LogP contribution in [0.5, 0.6) is 0 Å². The topological polar surface area (TPSA) is 128 Å². The number of nitrogens with one attached hydrogen (secondary N) is 4. The molecule has 0 saturated carbocycles. The molecule has 0 radical (unpaired) electrons. The summed E-state index contributed by atoms with van der Waals surface area (Å²) in [6.45, 7) is 1.74. The van der Waals surface area contributed by atoms with Gasteiger partial charge in [0.1, 0.15) is 11.5 Å². The van der Waals surface area contributed by atoms with Crippen molar-refractivity contribution in [2.75, 3.05) is 19.3 Å². The Balaban J connectivity index is 1.42. The molecule has 4 heterocycles. The molecule has 0 atom stereocenters. The van der Waals surface area contributed by atoms with Crippen molar-refractivity contribution in [3.63, 3.8) is 0 Å². The van der Waals surface area contributed by atoms with Crippen molar-refractivity contribution in [1.82, 2.24) is 35.2 Å². The van der Waals surface area contributed by atoms with E-state index in [4.69, 9.17) is 4.98 Å². The molecule has 9 nitrogen and oxygen atoms in total. The number of para-hydroxylation sites is 1. The van der Waals surface area contributed by atoms with E-state index in [2.05, 4.69) is 36.3 Å². The fourth-order valence-corrected chi connectivity index (χ4v) is 5.06. The molecular formula is C26H24FN7O2S. The zero-order chi connectivity index (χ0) is 25.6. The van der Waals surface area contributed by atoms with Crippen LogP contribution < -0.4 is 10.0 Å². The normalized spacial score (nSPS) is 14.4. The molecule has 0 fully saturated rings. The monoisotopic (exact) mass is 517 g/mol. The third kappa shape index (κ3) is 4.76. The van der Waals surface area contributed by atoms with Gasteiger partial charge in [-0.1, -0.05) is 18.2 Å². The second kappa shape index (κ2) is 9.18.